The topological polar surface area (TPSA) is 49.3 Å². The number of nitrogens with zero attached hydrogens (tertiary/aromatic N) is 2. The Morgan fingerprint density at radius 1 is 1.17 bits per heavy atom. The van der Waals surface area contributed by atoms with Gasteiger partial charge in [-0.2, -0.15) is 0 Å². The maximum atomic E-state index is 4.67. The third-order valence-electron chi connectivity index (χ3n) is 4.05. The maximum absolute atomic E-state index is 4.67. The van der Waals surface area contributed by atoms with Crippen molar-refractivity contribution in [3.05, 3.63) is 66.0 Å². The van der Waals surface area contributed by atoms with Crippen LogP contribution in [0.5, 0.6) is 0 Å². The van der Waals surface area contributed by atoms with Gasteiger partial charge in [0.1, 0.15) is 0 Å². The van der Waals surface area contributed by atoms with Crippen LogP contribution in [0.15, 0.2) is 59.7 Å². The number of aromatic nitrogens is 1. The zero-order valence-corrected chi connectivity index (χ0v) is 16.3. The smallest absolute Gasteiger partial charge is 0.191 e. The fourth-order valence-corrected chi connectivity index (χ4v) is 2.75. The molecule has 1 aromatic heterocycles. The molecule has 1 saturated carbocycles. The number of aliphatic imine (C=N–C) groups is 1. The molecule has 3 rings (SSSR count). The van der Waals surface area contributed by atoms with Gasteiger partial charge in [0.25, 0.3) is 0 Å². The number of halogens is 1. The Morgan fingerprint density at radius 2 is 1.96 bits per heavy atom. The van der Waals surface area contributed by atoms with Crippen LogP contribution in [0.3, 0.4) is 0 Å². The van der Waals surface area contributed by atoms with E-state index in [1.807, 2.05) is 24.4 Å². The average molecular weight is 436 g/mol. The molecule has 0 aliphatic heterocycles. The second-order valence-corrected chi connectivity index (χ2v) is 5.84. The lowest BCUT2D eigenvalue weighted by Gasteiger charge is -2.11. The number of guanidine groups is 1. The highest BCUT2D eigenvalue weighted by molar-refractivity contribution is 14.0. The van der Waals surface area contributed by atoms with Gasteiger partial charge in [-0.05, 0) is 31.0 Å². The van der Waals surface area contributed by atoms with E-state index in [2.05, 4.69) is 57.9 Å². The Labute approximate surface area is 161 Å². The average Bonchev–Trinajstić information content (AvgIpc) is 3.36. The Morgan fingerprint density at radius 3 is 2.67 bits per heavy atom. The maximum Gasteiger partial charge on any atom is 0.191 e. The second kappa shape index (κ2) is 9.61. The van der Waals surface area contributed by atoms with E-state index >= 15 is 0 Å². The van der Waals surface area contributed by atoms with E-state index in [4.69, 9.17) is 0 Å². The number of rotatable bonds is 6. The van der Waals surface area contributed by atoms with E-state index in [0.717, 1.165) is 31.2 Å². The lowest BCUT2D eigenvalue weighted by Crippen LogP contribution is -2.39. The zero-order valence-electron chi connectivity index (χ0n) is 14.0. The Hall–Kier alpha value is -1.63. The molecule has 2 aromatic rings. The van der Waals surface area contributed by atoms with Gasteiger partial charge in [-0.3, -0.25) is 9.98 Å². The van der Waals surface area contributed by atoms with Crippen molar-refractivity contribution < 1.29 is 0 Å². The summed E-state index contributed by atoms with van der Waals surface area (Å²) in [4.78, 5) is 9.01. The molecule has 0 spiro atoms. The first kappa shape index (κ1) is 18.7. The third kappa shape index (κ3) is 5.47. The molecular weight excluding hydrogens is 411 g/mol. The first-order valence-corrected chi connectivity index (χ1v) is 8.36. The fraction of sp³-hybridized carbons (Fsp3) is 0.368. The molecule has 24 heavy (non-hydrogen) atoms. The zero-order chi connectivity index (χ0) is 15.9. The number of pyridine rings is 1. The number of benzene rings is 1. The minimum Gasteiger partial charge on any atom is -0.357 e. The van der Waals surface area contributed by atoms with E-state index in [-0.39, 0.29) is 24.0 Å². The van der Waals surface area contributed by atoms with Gasteiger partial charge in [0, 0.05) is 43.4 Å². The van der Waals surface area contributed by atoms with Gasteiger partial charge in [-0.15, -0.1) is 24.0 Å². The van der Waals surface area contributed by atoms with Gasteiger partial charge in [-0.1, -0.05) is 36.4 Å². The third-order valence-corrected chi connectivity index (χ3v) is 4.05. The largest absolute Gasteiger partial charge is 0.357 e. The summed E-state index contributed by atoms with van der Waals surface area (Å²) in [7, 11) is 0. The van der Waals surface area contributed by atoms with E-state index in [9.17, 15) is 0 Å². The van der Waals surface area contributed by atoms with E-state index in [1.54, 1.807) is 0 Å². The van der Waals surface area contributed by atoms with Crippen molar-refractivity contribution in [2.75, 3.05) is 13.1 Å². The van der Waals surface area contributed by atoms with Crippen LogP contribution in [0.4, 0.5) is 0 Å². The summed E-state index contributed by atoms with van der Waals surface area (Å²) in [6.07, 6.45) is 3.87. The van der Waals surface area contributed by atoms with Gasteiger partial charge in [-0.25, -0.2) is 0 Å². The highest BCUT2D eigenvalue weighted by Crippen LogP contribution is 2.40. The van der Waals surface area contributed by atoms with Gasteiger partial charge >= 0.3 is 0 Å². The molecule has 2 atom stereocenters. The molecule has 128 valence electrons. The fourth-order valence-electron chi connectivity index (χ4n) is 2.75. The van der Waals surface area contributed by atoms with Crippen molar-refractivity contribution in [1.29, 1.82) is 0 Å². The quantitative estimate of drug-likeness (QED) is 0.415. The highest BCUT2D eigenvalue weighted by atomic mass is 127. The SMILES string of the molecule is CCNC(=NCCc1ccccn1)NC1CC1c1ccccc1.I. The molecule has 1 fully saturated rings. The summed E-state index contributed by atoms with van der Waals surface area (Å²) in [6, 6.07) is 17.2. The molecule has 0 saturated heterocycles. The molecule has 0 radical (unpaired) electrons. The Kier molecular flexibility index (Phi) is 7.49. The summed E-state index contributed by atoms with van der Waals surface area (Å²) in [6.45, 7) is 3.71. The van der Waals surface area contributed by atoms with E-state index in [0.29, 0.717) is 12.0 Å². The number of nitrogens with one attached hydrogen (secondary N) is 2. The van der Waals surface area contributed by atoms with Crippen molar-refractivity contribution in [2.24, 2.45) is 4.99 Å². The van der Waals surface area contributed by atoms with Gasteiger partial charge in [0.2, 0.25) is 0 Å². The molecule has 1 aliphatic rings. The molecule has 0 amide bonds. The predicted octanol–water partition coefficient (Wildman–Crippen LogP) is 3.35. The molecule has 1 aliphatic carbocycles. The van der Waals surface area contributed by atoms with Crippen LogP contribution in [0.2, 0.25) is 0 Å². The Balaban J connectivity index is 0.00000208. The van der Waals surface area contributed by atoms with Crippen molar-refractivity contribution >= 4 is 29.9 Å². The summed E-state index contributed by atoms with van der Waals surface area (Å²) in [5.74, 6) is 1.52. The summed E-state index contributed by atoms with van der Waals surface area (Å²) in [5, 5.41) is 6.88. The van der Waals surface area contributed by atoms with Crippen molar-refractivity contribution in [1.82, 2.24) is 15.6 Å². The normalized spacial score (nSPS) is 19.3. The minimum absolute atomic E-state index is 0. The van der Waals surface area contributed by atoms with Crippen molar-refractivity contribution in [2.45, 2.75) is 31.7 Å². The molecule has 2 unspecified atom stereocenters. The molecule has 1 aromatic carbocycles. The highest BCUT2D eigenvalue weighted by Gasteiger charge is 2.38. The summed E-state index contributed by atoms with van der Waals surface area (Å²) < 4.78 is 0. The van der Waals surface area contributed by atoms with E-state index in [1.165, 1.54) is 12.0 Å². The van der Waals surface area contributed by atoms with Crippen LogP contribution in [0.1, 0.15) is 30.5 Å². The van der Waals surface area contributed by atoms with Crippen LogP contribution < -0.4 is 10.6 Å². The van der Waals surface area contributed by atoms with E-state index < -0.39 is 0 Å². The van der Waals surface area contributed by atoms with Gasteiger partial charge in [0.15, 0.2) is 5.96 Å². The first-order chi connectivity index (χ1) is 11.4. The molecule has 1 heterocycles. The van der Waals surface area contributed by atoms with Crippen molar-refractivity contribution in [3.8, 4) is 0 Å². The van der Waals surface area contributed by atoms with Crippen molar-refractivity contribution in [3.63, 3.8) is 0 Å². The summed E-state index contributed by atoms with van der Waals surface area (Å²) >= 11 is 0. The summed E-state index contributed by atoms with van der Waals surface area (Å²) in [5.41, 5.74) is 2.50. The monoisotopic (exact) mass is 436 g/mol. The molecule has 5 heteroatoms. The number of hydrogen-bond donors (Lipinski definition) is 2. The molecule has 2 N–H and O–H groups in total. The predicted molar refractivity (Wildman–Crippen MR) is 110 cm³/mol. The standard InChI is InChI=1S/C19H24N4.HI/c1-2-20-19(22-13-11-16-10-6-7-12-21-16)23-18-14-17(18)15-8-4-3-5-9-15;/h3-10,12,17-18H,2,11,13-14H2,1H3,(H2,20,22,23);1H. The Bertz CT molecular complexity index is 630. The van der Waals surface area contributed by atoms with Crippen LogP contribution in [0.25, 0.3) is 0 Å². The molecule has 4 nitrogen and oxygen atoms in total. The molecular formula is C19H25IN4. The van der Waals surface area contributed by atoms with Gasteiger partial charge in [0.05, 0.1) is 0 Å². The van der Waals surface area contributed by atoms with Crippen LogP contribution >= 0.6 is 24.0 Å². The number of hydrogen-bond acceptors (Lipinski definition) is 2. The molecule has 0 bridgehead atoms. The minimum atomic E-state index is 0. The second-order valence-electron chi connectivity index (χ2n) is 5.84. The van der Waals surface area contributed by atoms with Gasteiger partial charge < -0.3 is 10.6 Å². The lowest BCUT2D eigenvalue weighted by molar-refractivity contribution is 0.789. The lowest BCUT2D eigenvalue weighted by atomic mass is 10.1. The van der Waals surface area contributed by atoms with Crippen LogP contribution in [0, 0.1) is 0 Å². The van der Waals surface area contributed by atoms with Crippen LogP contribution in [-0.2, 0) is 6.42 Å². The first-order valence-electron chi connectivity index (χ1n) is 8.36. The van der Waals surface area contributed by atoms with Crippen LogP contribution in [-0.4, -0.2) is 30.1 Å².